The Bertz CT molecular complexity index is 384. The van der Waals surface area contributed by atoms with Crippen LogP contribution >= 0.6 is 11.6 Å². The average Bonchev–Trinajstić information content (AvgIpc) is 2.53. The standard InChI is InChI=1S/C11H9ClO/c1-8-5-9(7-10(12)6-8)11-3-2-4-13-11/h2-7H,1H3. The van der Waals surface area contributed by atoms with Crippen molar-refractivity contribution in [2.45, 2.75) is 6.92 Å². The van der Waals surface area contributed by atoms with E-state index in [1.54, 1.807) is 6.26 Å². The van der Waals surface area contributed by atoms with Crippen LogP contribution in [0.3, 0.4) is 0 Å². The first-order chi connectivity index (χ1) is 6.25. The minimum absolute atomic E-state index is 0.742. The molecule has 0 fully saturated rings. The Balaban J connectivity index is 2.53. The van der Waals surface area contributed by atoms with Gasteiger partial charge in [0.15, 0.2) is 0 Å². The molecule has 0 bridgehead atoms. The molecule has 0 aliphatic carbocycles. The van der Waals surface area contributed by atoms with E-state index in [-0.39, 0.29) is 0 Å². The molecule has 0 atom stereocenters. The van der Waals surface area contributed by atoms with Crippen LogP contribution in [0.25, 0.3) is 11.3 Å². The lowest BCUT2D eigenvalue weighted by molar-refractivity contribution is 0.582. The van der Waals surface area contributed by atoms with Crippen molar-refractivity contribution in [3.8, 4) is 11.3 Å². The minimum Gasteiger partial charge on any atom is -0.464 e. The molecule has 13 heavy (non-hydrogen) atoms. The van der Waals surface area contributed by atoms with E-state index < -0.39 is 0 Å². The predicted octanol–water partition coefficient (Wildman–Crippen LogP) is 3.91. The zero-order chi connectivity index (χ0) is 9.26. The van der Waals surface area contributed by atoms with Crippen LogP contribution in [0.4, 0.5) is 0 Å². The van der Waals surface area contributed by atoms with Crippen LogP contribution in [0.2, 0.25) is 5.02 Å². The summed E-state index contributed by atoms with van der Waals surface area (Å²) in [7, 11) is 0. The number of hydrogen-bond acceptors (Lipinski definition) is 1. The lowest BCUT2D eigenvalue weighted by Crippen LogP contribution is -1.77. The van der Waals surface area contributed by atoms with Crippen molar-refractivity contribution in [2.75, 3.05) is 0 Å². The summed E-state index contributed by atoms with van der Waals surface area (Å²) < 4.78 is 5.27. The van der Waals surface area contributed by atoms with Gasteiger partial charge in [0.25, 0.3) is 0 Å². The third kappa shape index (κ3) is 1.76. The normalized spacial score (nSPS) is 10.3. The average molecular weight is 193 g/mol. The number of rotatable bonds is 1. The summed E-state index contributed by atoms with van der Waals surface area (Å²) in [6.45, 7) is 2.01. The maximum Gasteiger partial charge on any atom is 0.133 e. The minimum atomic E-state index is 0.742. The molecular formula is C11H9ClO. The molecule has 0 saturated heterocycles. The summed E-state index contributed by atoms with van der Waals surface area (Å²) >= 11 is 5.93. The van der Waals surface area contributed by atoms with Crippen LogP contribution in [-0.2, 0) is 0 Å². The fourth-order valence-electron chi connectivity index (χ4n) is 1.32. The fraction of sp³-hybridized carbons (Fsp3) is 0.0909. The lowest BCUT2D eigenvalue weighted by atomic mass is 10.1. The summed E-state index contributed by atoms with van der Waals surface area (Å²) in [6.07, 6.45) is 1.66. The van der Waals surface area contributed by atoms with Gasteiger partial charge in [0, 0.05) is 10.6 Å². The fourth-order valence-corrected chi connectivity index (χ4v) is 1.61. The molecule has 0 radical (unpaired) electrons. The van der Waals surface area contributed by atoms with Crippen molar-refractivity contribution in [1.29, 1.82) is 0 Å². The molecule has 2 rings (SSSR count). The highest BCUT2D eigenvalue weighted by atomic mass is 35.5. The number of furan rings is 1. The molecule has 0 N–H and O–H groups in total. The second-order valence-electron chi connectivity index (χ2n) is 2.99. The van der Waals surface area contributed by atoms with Crippen LogP contribution in [0.1, 0.15) is 5.56 Å². The second kappa shape index (κ2) is 3.27. The molecule has 1 aromatic heterocycles. The largest absolute Gasteiger partial charge is 0.464 e. The zero-order valence-electron chi connectivity index (χ0n) is 7.25. The molecule has 0 unspecified atom stereocenters. The van der Waals surface area contributed by atoms with E-state index in [0.29, 0.717) is 0 Å². The third-order valence-corrected chi connectivity index (χ3v) is 2.07. The first kappa shape index (κ1) is 8.39. The first-order valence-corrected chi connectivity index (χ1v) is 4.44. The SMILES string of the molecule is Cc1cc(Cl)cc(-c2ccco2)c1. The smallest absolute Gasteiger partial charge is 0.133 e. The van der Waals surface area contributed by atoms with E-state index >= 15 is 0 Å². The highest BCUT2D eigenvalue weighted by molar-refractivity contribution is 6.30. The van der Waals surface area contributed by atoms with E-state index in [4.69, 9.17) is 16.0 Å². The summed E-state index contributed by atoms with van der Waals surface area (Å²) in [6, 6.07) is 9.66. The zero-order valence-corrected chi connectivity index (χ0v) is 8.01. The van der Waals surface area contributed by atoms with Gasteiger partial charge in [-0.05, 0) is 42.8 Å². The molecule has 2 heteroatoms. The van der Waals surface area contributed by atoms with Gasteiger partial charge in [-0.15, -0.1) is 0 Å². The number of benzene rings is 1. The molecule has 1 aromatic carbocycles. The lowest BCUT2D eigenvalue weighted by Gasteiger charge is -1.99. The van der Waals surface area contributed by atoms with Crippen molar-refractivity contribution in [2.24, 2.45) is 0 Å². The molecule has 1 nitrogen and oxygen atoms in total. The van der Waals surface area contributed by atoms with Crippen LogP contribution in [0, 0.1) is 6.92 Å². The van der Waals surface area contributed by atoms with Gasteiger partial charge in [0.2, 0.25) is 0 Å². The van der Waals surface area contributed by atoms with E-state index in [1.165, 1.54) is 0 Å². The van der Waals surface area contributed by atoms with E-state index in [9.17, 15) is 0 Å². The van der Waals surface area contributed by atoms with Gasteiger partial charge in [0.05, 0.1) is 6.26 Å². The number of aryl methyl sites for hydroxylation is 1. The topological polar surface area (TPSA) is 13.1 Å². The predicted molar refractivity (Wildman–Crippen MR) is 53.9 cm³/mol. The Hall–Kier alpha value is -1.21. The summed E-state index contributed by atoms with van der Waals surface area (Å²) in [5, 5.41) is 0.742. The maximum absolute atomic E-state index is 5.93. The summed E-state index contributed by atoms with van der Waals surface area (Å²) in [5.74, 6) is 0.852. The van der Waals surface area contributed by atoms with Crippen LogP contribution in [0.5, 0.6) is 0 Å². The molecule has 0 saturated carbocycles. The molecule has 0 spiro atoms. The van der Waals surface area contributed by atoms with Gasteiger partial charge in [-0.25, -0.2) is 0 Å². The van der Waals surface area contributed by atoms with E-state index in [0.717, 1.165) is 21.9 Å². The van der Waals surface area contributed by atoms with Gasteiger partial charge in [-0.2, -0.15) is 0 Å². The molecule has 1 heterocycles. The number of hydrogen-bond donors (Lipinski definition) is 0. The van der Waals surface area contributed by atoms with Crippen LogP contribution in [0.15, 0.2) is 41.0 Å². The quantitative estimate of drug-likeness (QED) is 0.668. The Kier molecular flexibility index (Phi) is 2.11. The van der Waals surface area contributed by atoms with Gasteiger partial charge >= 0.3 is 0 Å². The van der Waals surface area contributed by atoms with Gasteiger partial charge in [-0.3, -0.25) is 0 Å². The highest BCUT2D eigenvalue weighted by Crippen LogP contribution is 2.24. The monoisotopic (exact) mass is 192 g/mol. The van der Waals surface area contributed by atoms with Crippen LogP contribution < -0.4 is 0 Å². The Morgan fingerprint density at radius 3 is 2.69 bits per heavy atom. The Labute approximate surface area is 82.0 Å². The van der Waals surface area contributed by atoms with Gasteiger partial charge in [0.1, 0.15) is 5.76 Å². The van der Waals surface area contributed by atoms with Crippen molar-refractivity contribution in [1.82, 2.24) is 0 Å². The molecule has 0 amide bonds. The summed E-state index contributed by atoms with van der Waals surface area (Å²) in [4.78, 5) is 0. The molecule has 2 aromatic rings. The van der Waals surface area contributed by atoms with Crippen molar-refractivity contribution < 1.29 is 4.42 Å². The Morgan fingerprint density at radius 2 is 2.08 bits per heavy atom. The van der Waals surface area contributed by atoms with Crippen LogP contribution in [-0.4, -0.2) is 0 Å². The van der Waals surface area contributed by atoms with E-state index in [1.807, 2.05) is 37.3 Å². The van der Waals surface area contributed by atoms with Gasteiger partial charge < -0.3 is 4.42 Å². The Morgan fingerprint density at radius 1 is 1.23 bits per heavy atom. The maximum atomic E-state index is 5.93. The molecule has 0 aliphatic heterocycles. The molecular weight excluding hydrogens is 184 g/mol. The first-order valence-electron chi connectivity index (χ1n) is 4.07. The van der Waals surface area contributed by atoms with E-state index in [2.05, 4.69) is 0 Å². The molecule has 0 aliphatic rings. The number of halogens is 1. The highest BCUT2D eigenvalue weighted by Gasteiger charge is 2.01. The third-order valence-electron chi connectivity index (χ3n) is 1.85. The van der Waals surface area contributed by atoms with Crippen molar-refractivity contribution in [3.63, 3.8) is 0 Å². The summed E-state index contributed by atoms with van der Waals surface area (Å²) in [5.41, 5.74) is 2.16. The van der Waals surface area contributed by atoms with Crippen molar-refractivity contribution in [3.05, 3.63) is 47.2 Å². The second-order valence-corrected chi connectivity index (χ2v) is 3.43. The van der Waals surface area contributed by atoms with Crippen molar-refractivity contribution >= 4 is 11.6 Å². The van der Waals surface area contributed by atoms with Gasteiger partial charge in [-0.1, -0.05) is 11.6 Å². The molecule has 66 valence electrons.